The lowest BCUT2D eigenvalue weighted by Crippen LogP contribution is -2.46. The predicted octanol–water partition coefficient (Wildman–Crippen LogP) is 2.40. The van der Waals surface area contributed by atoms with Crippen molar-refractivity contribution in [3.8, 4) is 5.88 Å². The van der Waals surface area contributed by atoms with E-state index >= 15 is 0 Å². The van der Waals surface area contributed by atoms with E-state index in [2.05, 4.69) is 58.1 Å². The molecule has 3 heterocycles. The van der Waals surface area contributed by atoms with Gasteiger partial charge in [-0.3, -0.25) is 4.90 Å². The highest BCUT2D eigenvalue weighted by Gasteiger charge is 2.30. The minimum atomic E-state index is 0.0353. The normalized spacial score (nSPS) is 18.0. The van der Waals surface area contributed by atoms with Crippen LogP contribution in [-0.2, 0) is 6.42 Å². The highest BCUT2D eigenvalue weighted by molar-refractivity contribution is 7.17. The van der Waals surface area contributed by atoms with E-state index in [1.165, 1.54) is 33.3 Å². The average molecular weight is 357 g/mol. The summed E-state index contributed by atoms with van der Waals surface area (Å²) in [5.41, 5.74) is 2.54. The number of hydrogen-bond acceptors (Lipinski definition) is 6. The van der Waals surface area contributed by atoms with Gasteiger partial charge in [0, 0.05) is 26.2 Å². The van der Waals surface area contributed by atoms with Gasteiger partial charge < -0.3 is 10.0 Å². The largest absolute Gasteiger partial charge is 0.492 e. The first-order valence-corrected chi connectivity index (χ1v) is 9.52. The number of benzene rings is 1. The number of aromatic nitrogens is 3. The lowest BCUT2D eigenvalue weighted by molar-refractivity contribution is 0.127. The Hall–Kier alpha value is -1.96. The number of hydrogen-bond donors (Lipinski definition) is 1. The van der Waals surface area contributed by atoms with Gasteiger partial charge in [0.15, 0.2) is 0 Å². The van der Waals surface area contributed by atoms with Crippen molar-refractivity contribution >= 4 is 16.3 Å². The van der Waals surface area contributed by atoms with Crippen LogP contribution in [0, 0.1) is 0 Å². The van der Waals surface area contributed by atoms with Crippen molar-refractivity contribution in [2.45, 2.75) is 19.4 Å². The standard InChI is InChI=1S/C18H23N5OS/c1-3-13-4-6-14(7-5-13)15(22-10-8-21(2)9-11-22)16-17(24)23-18(25-16)19-12-20-23/h4-7,12,15,24H,3,8-11H2,1-2H3. The fraction of sp³-hybridized carbons (Fsp3) is 0.444. The zero-order valence-electron chi connectivity index (χ0n) is 14.6. The van der Waals surface area contributed by atoms with Gasteiger partial charge in [0.25, 0.3) is 0 Å². The van der Waals surface area contributed by atoms with Crippen molar-refractivity contribution in [1.82, 2.24) is 24.4 Å². The third-order valence-electron chi connectivity index (χ3n) is 4.99. The van der Waals surface area contributed by atoms with Gasteiger partial charge in [-0.1, -0.05) is 42.5 Å². The lowest BCUT2D eigenvalue weighted by Gasteiger charge is -2.37. The van der Waals surface area contributed by atoms with Crippen LogP contribution in [0.4, 0.5) is 0 Å². The molecule has 1 saturated heterocycles. The second-order valence-electron chi connectivity index (χ2n) is 6.58. The molecule has 7 heteroatoms. The average Bonchev–Trinajstić information content (AvgIpc) is 3.21. The molecule has 0 spiro atoms. The third kappa shape index (κ3) is 3.03. The number of thiazole rings is 1. The highest BCUT2D eigenvalue weighted by atomic mass is 32.1. The van der Waals surface area contributed by atoms with E-state index < -0.39 is 0 Å². The van der Waals surface area contributed by atoms with Gasteiger partial charge in [0.1, 0.15) is 6.33 Å². The van der Waals surface area contributed by atoms with E-state index in [9.17, 15) is 5.11 Å². The maximum absolute atomic E-state index is 10.7. The molecular weight excluding hydrogens is 334 g/mol. The fourth-order valence-corrected chi connectivity index (χ4v) is 4.51. The predicted molar refractivity (Wildman–Crippen MR) is 99.3 cm³/mol. The summed E-state index contributed by atoms with van der Waals surface area (Å²) in [7, 11) is 2.16. The molecule has 132 valence electrons. The maximum Gasteiger partial charge on any atom is 0.230 e. The van der Waals surface area contributed by atoms with Gasteiger partial charge in [0.05, 0.1) is 10.9 Å². The summed E-state index contributed by atoms with van der Waals surface area (Å²) in [4.78, 5) is 10.7. The smallest absolute Gasteiger partial charge is 0.230 e. The minimum Gasteiger partial charge on any atom is -0.492 e. The molecule has 4 rings (SSSR count). The number of aromatic hydroxyl groups is 1. The molecule has 0 saturated carbocycles. The molecule has 1 aromatic carbocycles. The summed E-state index contributed by atoms with van der Waals surface area (Å²) in [6, 6.07) is 8.79. The molecule has 6 nitrogen and oxygen atoms in total. The molecule has 1 aliphatic heterocycles. The molecule has 1 unspecified atom stereocenters. The van der Waals surface area contributed by atoms with Crippen molar-refractivity contribution in [2.75, 3.05) is 33.2 Å². The van der Waals surface area contributed by atoms with Crippen LogP contribution in [0.25, 0.3) is 4.96 Å². The second-order valence-corrected chi connectivity index (χ2v) is 7.59. The van der Waals surface area contributed by atoms with Crippen molar-refractivity contribution in [1.29, 1.82) is 0 Å². The van der Waals surface area contributed by atoms with Gasteiger partial charge in [0.2, 0.25) is 10.8 Å². The van der Waals surface area contributed by atoms with Gasteiger partial charge in [-0.05, 0) is 24.6 Å². The zero-order valence-corrected chi connectivity index (χ0v) is 15.4. The first kappa shape index (κ1) is 16.5. The van der Waals surface area contributed by atoms with Crippen LogP contribution in [0.5, 0.6) is 5.88 Å². The SMILES string of the molecule is CCc1ccc(C(c2sc3ncnn3c2O)N2CCN(C)CC2)cc1. The molecule has 1 aliphatic rings. The molecule has 1 N–H and O–H groups in total. The van der Waals surface area contributed by atoms with E-state index in [0.717, 1.165) is 42.4 Å². The molecule has 1 atom stereocenters. The first-order chi connectivity index (χ1) is 12.2. The van der Waals surface area contributed by atoms with E-state index in [0.29, 0.717) is 0 Å². The molecular formula is C18H23N5OS. The van der Waals surface area contributed by atoms with E-state index in [1.807, 2.05) is 0 Å². The van der Waals surface area contributed by atoms with Crippen LogP contribution in [0.1, 0.15) is 29.0 Å². The Bertz CT molecular complexity index is 848. The number of rotatable bonds is 4. The quantitative estimate of drug-likeness (QED) is 0.777. The highest BCUT2D eigenvalue weighted by Crippen LogP contribution is 2.39. The van der Waals surface area contributed by atoms with Gasteiger partial charge in [-0.2, -0.15) is 9.61 Å². The Morgan fingerprint density at radius 1 is 1.16 bits per heavy atom. The molecule has 0 amide bonds. The lowest BCUT2D eigenvalue weighted by atomic mass is 10.0. The molecule has 2 aromatic heterocycles. The summed E-state index contributed by atoms with van der Waals surface area (Å²) in [6.07, 6.45) is 2.51. The summed E-state index contributed by atoms with van der Waals surface area (Å²) < 4.78 is 1.53. The third-order valence-corrected chi connectivity index (χ3v) is 6.08. The van der Waals surface area contributed by atoms with Gasteiger partial charge in [-0.25, -0.2) is 4.98 Å². The van der Waals surface area contributed by atoms with E-state index in [1.54, 1.807) is 0 Å². The summed E-state index contributed by atoms with van der Waals surface area (Å²) in [6.45, 7) is 6.18. The Balaban J connectivity index is 1.76. The Labute approximate surface area is 151 Å². The molecule has 0 radical (unpaired) electrons. The monoisotopic (exact) mass is 357 g/mol. The van der Waals surface area contributed by atoms with Crippen LogP contribution >= 0.6 is 11.3 Å². The van der Waals surface area contributed by atoms with Crippen LogP contribution in [0.3, 0.4) is 0 Å². The molecule has 25 heavy (non-hydrogen) atoms. The molecule has 1 fully saturated rings. The van der Waals surface area contributed by atoms with Crippen molar-refractivity contribution in [2.24, 2.45) is 0 Å². The van der Waals surface area contributed by atoms with E-state index in [-0.39, 0.29) is 11.9 Å². The summed E-state index contributed by atoms with van der Waals surface area (Å²) in [5.74, 6) is 0.209. The summed E-state index contributed by atoms with van der Waals surface area (Å²) in [5, 5.41) is 14.9. The topological polar surface area (TPSA) is 56.9 Å². The van der Waals surface area contributed by atoms with Crippen LogP contribution in [-0.4, -0.2) is 62.7 Å². The number of likely N-dealkylation sites (N-methyl/N-ethyl adjacent to an activating group) is 1. The van der Waals surface area contributed by atoms with Crippen molar-refractivity contribution < 1.29 is 5.11 Å². The molecule has 3 aromatic rings. The fourth-order valence-electron chi connectivity index (χ4n) is 3.42. The number of nitrogens with zero attached hydrogens (tertiary/aromatic N) is 5. The van der Waals surface area contributed by atoms with Crippen molar-refractivity contribution in [3.05, 3.63) is 46.6 Å². The molecule has 0 bridgehead atoms. The maximum atomic E-state index is 10.7. The minimum absolute atomic E-state index is 0.0353. The molecule has 0 aliphatic carbocycles. The number of aryl methyl sites for hydroxylation is 1. The zero-order chi connectivity index (χ0) is 17.4. The number of fused-ring (bicyclic) bond motifs is 1. The van der Waals surface area contributed by atoms with Gasteiger partial charge >= 0.3 is 0 Å². The van der Waals surface area contributed by atoms with Crippen LogP contribution < -0.4 is 0 Å². The first-order valence-electron chi connectivity index (χ1n) is 8.70. The Kier molecular flexibility index (Phi) is 4.45. The second kappa shape index (κ2) is 6.74. The van der Waals surface area contributed by atoms with Crippen LogP contribution in [0.15, 0.2) is 30.6 Å². The Morgan fingerprint density at radius 3 is 2.52 bits per heavy atom. The van der Waals surface area contributed by atoms with Gasteiger partial charge in [-0.15, -0.1) is 0 Å². The van der Waals surface area contributed by atoms with E-state index in [4.69, 9.17) is 0 Å². The van der Waals surface area contributed by atoms with Crippen LogP contribution in [0.2, 0.25) is 0 Å². The van der Waals surface area contributed by atoms with Crippen molar-refractivity contribution in [3.63, 3.8) is 0 Å². The Morgan fingerprint density at radius 2 is 1.88 bits per heavy atom. The summed E-state index contributed by atoms with van der Waals surface area (Å²) >= 11 is 1.52. The number of piperazine rings is 1.